The summed E-state index contributed by atoms with van der Waals surface area (Å²) in [5.74, 6) is 0.155. The normalized spacial score (nSPS) is 10.2. The lowest BCUT2D eigenvalue weighted by Gasteiger charge is -2.15. The number of carbonyl (C=O) groups is 2. The minimum atomic E-state index is -0.855. The molecule has 0 radical (unpaired) electrons. The van der Waals surface area contributed by atoms with Gasteiger partial charge in [0.05, 0.1) is 14.2 Å². The fourth-order valence-electron chi connectivity index (χ4n) is 2.11. The molecule has 6 nitrogen and oxygen atoms in total. The molecule has 0 atom stereocenters. The third kappa shape index (κ3) is 3.48. The van der Waals surface area contributed by atoms with Crippen LogP contribution in [0.3, 0.4) is 0 Å². The van der Waals surface area contributed by atoms with E-state index < -0.39 is 12.1 Å². The molecule has 0 aliphatic carbocycles. The van der Waals surface area contributed by atoms with Gasteiger partial charge in [-0.15, -0.1) is 0 Å². The molecular weight excluding hydrogens is 312 g/mol. The number of esters is 1. The molecule has 0 aliphatic rings. The zero-order valence-corrected chi connectivity index (χ0v) is 14.0. The van der Waals surface area contributed by atoms with Crippen LogP contribution in [0.15, 0.2) is 36.4 Å². The number of benzene rings is 2. The number of hydrogen-bond acceptors (Lipinski definition) is 6. The Hall–Kier alpha value is -3.02. The third-order valence-corrected chi connectivity index (χ3v) is 3.29. The molecule has 2 aromatic rings. The standard InChI is InChI=1S/C18H18O6/c1-10(2)17(19)24-16-12-7-6-11(3)8-13(12)14(9-15(16)21-4)23-18(20)22-5/h6-9H,1H2,2-5H3. The molecule has 0 saturated heterocycles. The van der Waals surface area contributed by atoms with Crippen LogP contribution >= 0.6 is 0 Å². The van der Waals surface area contributed by atoms with E-state index in [1.165, 1.54) is 20.3 Å². The van der Waals surface area contributed by atoms with E-state index >= 15 is 0 Å². The molecule has 0 heterocycles. The van der Waals surface area contributed by atoms with Crippen molar-refractivity contribution >= 4 is 22.9 Å². The molecule has 0 N–H and O–H groups in total. The van der Waals surface area contributed by atoms with Gasteiger partial charge in [0.15, 0.2) is 11.5 Å². The molecule has 0 spiro atoms. The van der Waals surface area contributed by atoms with Crippen molar-refractivity contribution in [3.8, 4) is 17.2 Å². The number of fused-ring (bicyclic) bond motifs is 1. The Bertz CT molecular complexity index is 822. The van der Waals surface area contributed by atoms with Gasteiger partial charge in [-0.25, -0.2) is 9.59 Å². The SMILES string of the molecule is C=C(C)C(=O)Oc1c(OC)cc(OC(=O)OC)c2cc(C)ccc12. The second-order valence-corrected chi connectivity index (χ2v) is 5.18. The lowest BCUT2D eigenvalue weighted by molar-refractivity contribution is -0.130. The van der Waals surface area contributed by atoms with Crippen LogP contribution in [0.4, 0.5) is 4.79 Å². The fraction of sp³-hybridized carbons (Fsp3) is 0.222. The third-order valence-electron chi connectivity index (χ3n) is 3.29. The molecule has 0 saturated carbocycles. The number of methoxy groups -OCH3 is 2. The average molecular weight is 330 g/mol. The van der Waals surface area contributed by atoms with Gasteiger partial charge in [0, 0.05) is 22.4 Å². The summed E-state index contributed by atoms with van der Waals surface area (Å²) >= 11 is 0. The van der Waals surface area contributed by atoms with E-state index in [-0.39, 0.29) is 22.8 Å². The molecule has 2 aromatic carbocycles. The number of carbonyl (C=O) groups excluding carboxylic acids is 2. The van der Waals surface area contributed by atoms with Crippen LogP contribution in [0.1, 0.15) is 12.5 Å². The molecule has 0 aromatic heterocycles. The summed E-state index contributed by atoms with van der Waals surface area (Å²) in [5.41, 5.74) is 1.20. The molecule has 0 unspecified atom stereocenters. The zero-order valence-electron chi connectivity index (χ0n) is 14.0. The van der Waals surface area contributed by atoms with E-state index in [1.54, 1.807) is 13.0 Å². The number of aryl methyl sites for hydroxylation is 1. The van der Waals surface area contributed by atoms with Gasteiger partial charge in [-0.05, 0) is 19.9 Å². The largest absolute Gasteiger partial charge is 0.513 e. The summed E-state index contributed by atoms with van der Waals surface area (Å²) in [7, 11) is 2.64. The van der Waals surface area contributed by atoms with Crippen LogP contribution in [0, 0.1) is 6.92 Å². The van der Waals surface area contributed by atoms with Crippen molar-refractivity contribution in [3.63, 3.8) is 0 Å². The Kier molecular flexibility index (Phi) is 5.08. The van der Waals surface area contributed by atoms with E-state index in [0.29, 0.717) is 10.8 Å². The fourth-order valence-corrected chi connectivity index (χ4v) is 2.11. The molecular formula is C18H18O6. The quantitative estimate of drug-likeness (QED) is 0.368. The first-order valence-electron chi connectivity index (χ1n) is 7.12. The summed E-state index contributed by atoms with van der Waals surface area (Å²) in [6.45, 7) is 7.01. The Labute approximate surface area is 139 Å². The summed E-state index contributed by atoms with van der Waals surface area (Å²) in [6.07, 6.45) is -0.855. The minimum absolute atomic E-state index is 0.234. The van der Waals surface area contributed by atoms with Crippen LogP contribution in [0.2, 0.25) is 0 Å². The summed E-state index contributed by atoms with van der Waals surface area (Å²) in [4.78, 5) is 23.4. The van der Waals surface area contributed by atoms with Crippen LogP contribution in [-0.2, 0) is 9.53 Å². The second kappa shape index (κ2) is 7.04. The molecule has 0 bridgehead atoms. The van der Waals surface area contributed by atoms with Crippen molar-refractivity contribution in [1.29, 1.82) is 0 Å². The van der Waals surface area contributed by atoms with Crippen LogP contribution in [-0.4, -0.2) is 26.3 Å². The first-order chi connectivity index (χ1) is 11.4. The predicted molar refractivity (Wildman–Crippen MR) is 88.7 cm³/mol. The van der Waals surface area contributed by atoms with Gasteiger partial charge in [0.25, 0.3) is 0 Å². The maximum atomic E-state index is 11.9. The summed E-state index contributed by atoms with van der Waals surface area (Å²) in [6, 6.07) is 6.89. The van der Waals surface area contributed by atoms with E-state index in [9.17, 15) is 9.59 Å². The summed E-state index contributed by atoms with van der Waals surface area (Å²) < 4.78 is 20.4. The van der Waals surface area contributed by atoms with Crippen LogP contribution < -0.4 is 14.2 Å². The second-order valence-electron chi connectivity index (χ2n) is 5.18. The van der Waals surface area contributed by atoms with Gasteiger partial charge < -0.3 is 18.9 Å². The first-order valence-corrected chi connectivity index (χ1v) is 7.12. The van der Waals surface area contributed by atoms with Crippen LogP contribution in [0.5, 0.6) is 17.2 Å². The molecule has 0 aliphatic heterocycles. The van der Waals surface area contributed by atoms with Gasteiger partial charge in [-0.1, -0.05) is 24.3 Å². The predicted octanol–water partition coefficient (Wildman–Crippen LogP) is 3.78. The first kappa shape index (κ1) is 17.3. The monoisotopic (exact) mass is 330 g/mol. The zero-order chi connectivity index (χ0) is 17.9. The maximum absolute atomic E-state index is 11.9. The number of rotatable bonds is 4. The van der Waals surface area contributed by atoms with E-state index in [2.05, 4.69) is 11.3 Å². The van der Waals surface area contributed by atoms with Gasteiger partial charge in [0.2, 0.25) is 0 Å². The van der Waals surface area contributed by atoms with E-state index in [1.807, 2.05) is 19.1 Å². The van der Waals surface area contributed by atoms with Crippen molar-refractivity contribution < 1.29 is 28.5 Å². The van der Waals surface area contributed by atoms with Gasteiger partial charge in [0.1, 0.15) is 5.75 Å². The minimum Gasteiger partial charge on any atom is -0.493 e. The van der Waals surface area contributed by atoms with Crippen molar-refractivity contribution in [1.82, 2.24) is 0 Å². The van der Waals surface area contributed by atoms with Crippen molar-refractivity contribution in [2.45, 2.75) is 13.8 Å². The van der Waals surface area contributed by atoms with E-state index in [4.69, 9.17) is 14.2 Å². The molecule has 24 heavy (non-hydrogen) atoms. The van der Waals surface area contributed by atoms with Crippen molar-refractivity contribution in [2.24, 2.45) is 0 Å². The molecule has 2 rings (SSSR count). The van der Waals surface area contributed by atoms with Crippen molar-refractivity contribution in [2.75, 3.05) is 14.2 Å². The highest BCUT2D eigenvalue weighted by molar-refractivity contribution is 6.00. The molecule has 0 fully saturated rings. The smallest absolute Gasteiger partial charge is 0.493 e. The van der Waals surface area contributed by atoms with Gasteiger partial charge >= 0.3 is 12.1 Å². The molecule has 126 valence electrons. The van der Waals surface area contributed by atoms with Gasteiger partial charge in [-0.3, -0.25) is 0 Å². The number of hydrogen-bond donors (Lipinski definition) is 0. The Balaban J connectivity index is 2.69. The lowest BCUT2D eigenvalue weighted by atomic mass is 10.0. The molecule has 6 heteroatoms. The Morgan fingerprint density at radius 1 is 1.00 bits per heavy atom. The highest BCUT2D eigenvalue weighted by atomic mass is 16.7. The Morgan fingerprint density at radius 3 is 2.29 bits per heavy atom. The highest BCUT2D eigenvalue weighted by Crippen LogP contribution is 2.42. The van der Waals surface area contributed by atoms with Crippen LogP contribution in [0.25, 0.3) is 10.8 Å². The average Bonchev–Trinajstić information content (AvgIpc) is 2.56. The molecule has 0 amide bonds. The lowest BCUT2D eigenvalue weighted by Crippen LogP contribution is -2.11. The van der Waals surface area contributed by atoms with E-state index in [0.717, 1.165) is 5.56 Å². The topological polar surface area (TPSA) is 71.1 Å². The maximum Gasteiger partial charge on any atom is 0.513 e. The summed E-state index contributed by atoms with van der Waals surface area (Å²) in [5, 5.41) is 1.15. The van der Waals surface area contributed by atoms with Gasteiger partial charge in [-0.2, -0.15) is 0 Å². The highest BCUT2D eigenvalue weighted by Gasteiger charge is 2.20. The Morgan fingerprint density at radius 2 is 1.71 bits per heavy atom. The number of ether oxygens (including phenoxy) is 4. The van der Waals surface area contributed by atoms with Crippen molar-refractivity contribution in [3.05, 3.63) is 42.0 Å².